The number of hydrogen-bond donors (Lipinski definition) is 2. The van der Waals surface area contributed by atoms with E-state index in [4.69, 9.17) is 0 Å². The van der Waals surface area contributed by atoms with Crippen molar-refractivity contribution in [3.05, 3.63) is 39.7 Å². The van der Waals surface area contributed by atoms with Crippen molar-refractivity contribution in [1.82, 2.24) is 4.98 Å². The predicted octanol–water partition coefficient (Wildman–Crippen LogP) is 1.72. The Morgan fingerprint density at radius 1 is 1.35 bits per heavy atom. The number of nitrogens with one attached hydrogen (secondary N) is 2. The van der Waals surface area contributed by atoms with E-state index in [9.17, 15) is 4.79 Å². The standard InChI is InChI=1S/C19H27N3O/c1-13-6-5-9-22(11-13)12-17-14(2)20-18-8-7-15(21(3)4)10-16(18)19(17)23/h7-8,10,13H,5-6,9,11-12H2,1-4H3,(H,20,23)/p+1. The second-order valence-corrected chi connectivity index (χ2v) is 7.31. The van der Waals surface area contributed by atoms with Gasteiger partial charge >= 0.3 is 0 Å². The molecule has 2 aromatic rings. The Kier molecular flexibility index (Phi) is 4.44. The number of fused-ring (bicyclic) bond motifs is 1. The van der Waals surface area contributed by atoms with Gasteiger partial charge in [0.25, 0.3) is 0 Å². The van der Waals surface area contributed by atoms with Gasteiger partial charge in [-0.25, -0.2) is 0 Å². The molecule has 1 aliphatic rings. The second kappa shape index (κ2) is 6.36. The van der Waals surface area contributed by atoms with Gasteiger partial charge in [0, 0.05) is 42.3 Å². The van der Waals surface area contributed by atoms with E-state index in [2.05, 4.69) is 18.0 Å². The lowest BCUT2D eigenvalue weighted by Gasteiger charge is -2.28. The Balaban J connectivity index is 2.00. The van der Waals surface area contributed by atoms with Gasteiger partial charge in [0.05, 0.1) is 18.7 Å². The number of nitrogens with zero attached hydrogens (tertiary/aromatic N) is 1. The summed E-state index contributed by atoms with van der Waals surface area (Å²) >= 11 is 0. The summed E-state index contributed by atoms with van der Waals surface area (Å²) in [4.78, 5) is 20.0. The smallest absolute Gasteiger partial charge is 0.198 e. The number of aryl methyl sites for hydroxylation is 1. The Labute approximate surface area is 138 Å². The average molecular weight is 314 g/mol. The number of piperidine rings is 1. The van der Waals surface area contributed by atoms with Crippen LogP contribution in [0.15, 0.2) is 23.0 Å². The molecule has 0 spiro atoms. The molecule has 23 heavy (non-hydrogen) atoms. The van der Waals surface area contributed by atoms with E-state index in [0.717, 1.165) is 40.3 Å². The zero-order chi connectivity index (χ0) is 16.6. The lowest BCUT2D eigenvalue weighted by molar-refractivity contribution is -0.922. The molecule has 4 nitrogen and oxygen atoms in total. The van der Waals surface area contributed by atoms with Gasteiger partial charge in [0.1, 0.15) is 6.54 Å². The lowest BCUT2D eigenvalue weighted by Crippen LogP contribution is -3.12. The maximum Gasteiger partial charge on any atom is 0.198 e. The summed E-state index contributed by atoms with van der Waals surface area (Å²) in [5.41, 5.74) is 4.18. The molecule has 2 heterocycles. The first-order chi connectivity index (χ1) is 11.0. The van der Waals surface area contributed by atoms with E-state index in [0.29, 0.717) is 0 Å². The zero-order valence-corrected chi connectivity index (χ0v) is 14.7. The number of rotatable bonds is 3. The summed E-state index contributed by atoms with van der Waals surface area (Å²) in [7, 11) is 4.01. The van der Waals surface area contributed by atoms with Crippen LogP contribution in [-0.4, -0.2) is 32.2 Å². The predicted molar refractivity (Wildman–Crippen MR) is 96.4 cm³/mol. The van der Waals surface area contributed by atoms with Crippen LogP contribution in [0.2, 0.25) is 0 Å². The van der Waals surface area contributed by atoms with Crippen molar-refractivity contribution in [2.45, 2.75) is 33.2 Å². The molecule has 0 aliphatic carbocycles. The quantitative estimate of drug-likeness (QED) is 0.906. The summed E-state index contributed by atoms with van der Waals surface area (Å²) in [5.74, 6) is 0.763. The molecule has 0 saturated carbocycles. The highest BCUT2D eigenvalue weighted by Gasteiger charge is 2.22. The highest BCUT2D eigenvalue weighted by Crippen LogP contribution is 2.18. The van der Waals surface area contributed by atoms with Crippen molar-refractivity contribution in [2.75, 3.05) is 32.1 Å². The van der Waals surface area contributed by atoms with Crippen molar-refractivity contribution in [3.63, 3.8) is 0 Å². The monoisotopic (exact) mass is 314 g/mol. The van der Waals surface area contributed by atoms with Gasteiger partial charge in [-0.2, -0.15) is 0 Å². The SMILES string of the molecule is Cc1[nH]c2ccc(N(C)C)cc2c(=O)c1C[NH+]1CCCC(C)C1. The second-order valence-electron chi connectivity index (χ2n) is 7.31. The van der Waals surface area contributed by atoms with Crippen LogP contribution in [0.5, 0.6) is 0 Å². The molecule has 1 saturated heterocycles. The summed E-state index contributed by atoms with van der Waals surface area (Å²) in [6.45, 7) is 7.55. The third-order valence-electron chi connectivity index (χ3n) is 5.10. The van der Waals surface area contributed by atoms with E-state index in [-0.39, 0.29) is 5.43 Å². The van der Waals surface area contributed by atoms with E-state index in [1.54, 1.807) is 4.90 Å². The fourth-order valence-corrected chi connectivity index (χ4v) is 3.74. The molecular weight excluding hydrogens is 286 g/mol. The van der Waals surface area contributed by atoms with Crippen LogP contribution in [0.25, 0.3) is 10.9 Å². The van der Waals surface area contributed by atoms with Crippen LogP contribution in [-0.2, 0) is 6.54 Å². The minimum atomic E-state index is 0.200. The minimum absolute atomic E-state index is 0.200. The van der Waals surface area contributed by atoms with Crippen molar-refractivity contribution < 1.29 is 4.90 Å². The van der Waals surface area contributed by atoms with Crippen molar-refractivity contribution in [2.24, 2.45) is 5.92 Å². The largest absolute Gasteiger partial charge is 0.378 e. The number of anilines is 1. The molecule has 1 aromatic carbocycles. The third-order valence-corrected chi connectivity index (χ3v) is 5.10. The van der Waals surface area contributed by atoms with Gasteiger partial charge in [-0.15, -0.1) is 0 Å². The number of likely N-dealkylation sites (tertiary alicyclic amines) is 1. The molecule has 0 radical (unpaired) electrons. The topological polar surface area (TPSA) is 40.5 Å². The van der Waals surface area contributed by atoms with Crippen molar-refractivity contribution in [3.8, 4) is 0 Å². The molecule has 2 atom stereocenters. The van der Waals surface area contributed by atoms with E-state index < -0.39 is 0 Å². The number of aromatic amines is 1. The summed E-state index contributed by atoms with van der Waals surface area (Å²) < 4.78 is 0. The van der Waals surface area contributed by atoms with Gasteiger partial charge in [-0.05, 0) is 38.0 Å². The minimum Gasteiger partial charge on any atom is -0.378 e. The molecule has 1 fully saturated rings. The van der Waals surface area contributed by atoms with Crippen molar-refractivity contribution in [1.29, 1.82) is 0 Å². The fourth-order valence-electron chi connectivity index (χ4n) is 3.74. The fraction of sp³-hybridized carbons (Fsp3) is 0.526. The molecule has 0 amide bonds. The van der Waals surface area contributed by atoms with Crippen LogP contribution in [0.3, 0.4) is 0 Å². The van der Waals surface area contributed by atoms with Gasteiger partial charge < -0.3 is 14.8 Å². The lowest BCUT2D eigenvalue weighted by atomic mass is 9.99. The molecule has 0 bridgehead atoms. The third kappa shape index (κ3) is 3.27. The first-order valence-corrected chi connectivity index (χ1v) is 8.62. The van der Waals surface area contributed by atoms with Crippen molar-refractivity contribution >= 4 is 16.6 Å². The first kappa shape index (κ1) is 16.1. The zero-order valence-electron chi connectivity index (χ0n) is 14.7. The number of H-pyrrole nitrogens is 1. The molecule has 1 aromatic heterocycles. The maximum atomic E-state index is 13.0. The normalized spacial score (nSPS) is 21.6. The molecule has 124 valence electrons. The number of hydrogen-bond acceptors (Lipinski definition) is 2. The molecule has 2 unspecified atom stereocenters. The van der Waals surface area contributed by atoms with Gasteiger partial charge in [-0.3, -0.25) is 4.79 Å². The van der Waals surface area contributed by atoms with E-state index in [1.165, 1.54) is 25.9 Å². The average Bonchev–Trinajstić information content (AvgIpc) is 2.51. The van der Waals surface area contributed by atoms with Gasteiger partial charge in [0.15, 0.2) is 5.43 Å². The number of quaternary nitrogens is 1. The molecular formula is C19H28N3O+. The Hall–Kier alpha value is -1.81. The van der Waals surface area contributed by atoms with Crippen LogP contribution in [0.4, 0.5) is 5.69 Å². The molecule has 2 N–H and O–H groups in total. The Morgan fingerprint density at radius 2 is 2.13 bits per heavy atom. The first-order valence-electron chi connectivity index (χ1n) is 8.62. The summed E-state index contributed by atoms with van der Waals surface area (Å²) in [6, 6.07) is 6.07. The van der Waals surface area contributed by atoms with Crippen LogP contribution in [0.1, 0.15) is 31.0 Å². The van der Waals surface area contributed by atoms with Gasteiger partial charge in [-0.1, -0.05) is 6.92 Å². The Morgan fingerprint density at radius 3 is 2.83 bits per heavy atom. The highest BCUT2D eigenvalue weighted by molar-refractivity contribution is 5.83. The molecule has 1 aliphatic heterocycles. The van der Waals surface area contributed by atoms with Crippen LogP contribution in [0, 0.1) is 12.8 Å². The van der Waals surface area contributed by atoms with E-state index in [1.807, 2.05) is 38.1 Å². The van der Waals surface area contributed by atoms with E-state index >= 15 is 0 Å². The maximum absolute atomic E-state index is 13.0. The number of aromatic nitrogens is 1. The Bertz CT molecular complexity index is 763. The van der Waals surface area contributed by atoms with Gasteiger partial charge in [0.2, 0.25) is 0 Å². The van der Waals surface area contributed by atoms with Crippen LogP contribution < -0.4 is 15.2 Å². The highest BCUT2D eigenvalue weighted by atomic mass is 16.1. The number of benzene rings is 1. The molecule has 3 rings (SSSR count). The molecule has 4 heteroatoms. The summed E-state index contributed by atoms with van der Waals surface area (Å²) in [6.07, 6.45) is 2.59. The summed E-state index contributed by atoms with van der Waals surface area (Å²) in [5, 5.41) is 0.807. The number of pyridine rings is 1. The van der Waals surface area contributed by atoms with Crippen LogP contribution >= 0.6 is 0 Å².